The third-order valence-electron chi connectivity index (χ3n) is 5.56. The Kier molecular flexibility index (Phi) is 3.87. The number of hydrogen-bond donors (Lipinski definition) is 1. The van der Waals surface area contributed by atoms with Gasteiger partial charge in [-0.15, -0.1) is 0 Å². The molecule has 1 saturated heterocycles. The Labute approximate surface area is 129 Å². The first-order valence-corrected chi connectivity index (χ1v) is 8.47. The highest BCUT2D eigenvalue weighted by molar-refractivity contribution is 5.25. The molecule has 1 aromatic rings. The zero-order chi connectivity index (χ0) is 15.1. The highest BCUT2D eigenvalue weighted by Crippen LogP contribution is 2.46. The van der Waals surface area contributed by atoms with Crippen LogP contribution in [0, 0.1) is 11.3 Å². The minimum atomic E-state index is 0.0813. The van der Waals surface area contributed by atoms with Gasteiger partial charge in [0.15, 0.2) is 0 Å². The number of rotatable bonds is 4. The topological polar surface area (TPSA) is 15.3 Å². The van der Waals surface area contributed by atoms with E-state index >= 15 is 0 Å². The molecule has 21 heavy (non-hydrogen) atoms. The van der Waals surface area contributed by atoms with E-state index in [-0.39, 0.29) is 5.54 Å². The van der Waals surface area contributed by atoms with Gasteiger partial charge in [0.25, 0.3) is 0 Å². The van der Waals surface area contributed by atoms with Crippen molar-refractivity contribution in [3.8, 4) is 0 Å². The lowest BCUT2D eigenvalue weighted by Crippen LogP contribution is -2.63. The molecule has 0 bridgehead atoms. The number of nitrogens with zero attached hydrogens (tertiary/aromatic N) is 1. The van der Waals surface area contributed by atoms with Crippen molar-refractivity contribution in [3.63, 3.8) is 0 Å². The summed E-state index contributed by atoms with van der Waals surface area (Å²) in [5.41, 5.74) is 2.08. The van der Waals surface area contributed by atoms with E-state index in [1.807, 2.05) is 0 Å². The van der Waals surface area contributed by atoms with Crippen molar-refractivity contribution >= 4 is 0 Å². The highest BCUT2D eigenvalue weighted by atomic mass is 15.3. The van der Waals surface area contributed by atoms with E-state index in [4.69, 9.17) is 0 Å². The Morgan fingerprint density at radius 1 is 1.19 bits per heavy atom. The van der Waals surface area contributed by atoms with E-state index in [0.29, 0.717) is 17.4 Å². The fraction of sp³-hybridized carbons (Fsp3) is 0.684. The van der Waals surface area contributed by atoms with Crippen molar-refractivity contribution in [2.45, 2.75) is 52.1 Å². The summed E-state index contributed by atoms with van der Waals surface area (Å²) in [6.45, 7) is 13.0. The molecular formula is C19H30N2. The molecule has 0 aromatic heterocycles. The Bertz CT molecular complexity index is 478. The Balaban J connectivity index is 1.80. The molecule has 2 unspecified atom stereocenters. The summed E-state index contributed by atoms with van der Waals surface area (Å²) in [7, 11) is 0. The molecular weight excluding hydrogens is 256 g/mol. The number of benzene rings is 1. The molecule has 2 fully saturated rings. The molecule has 3 rings (SSSR count). The summed E-state index contributed by atoms with van der Waals surface area (Å²) in [6, 6.07) is 11.6. The van der Waals surface area contributed by atoms with Crippen molar-refractivity contribution in [2.75, 3.05) is 19.6 Å². The molecule has 0 amide bonds. The van der Waals surface area contributed by atoms with Gasteiger partial charge < -0.3 is 5.32 Å². The summed E-state index contributed by atoms with van der Waals surface area (Å²) in [5, 5.41) is 3.84. The SMILES string of the molecule is CC(C)C1CNC(C)(c2ccccc2)CN1CC1(C)CC1. The maximum Gasteiger partial charge on any atom is 0.0535 e. The maximum atomic E-state index is 3.84. The van der Waals surface area contributed by atoms with Gasteiger partial charge in [-0.25, -0.2) is 0 Å². The van der Waals surface area contributed by atoms with Crippen molar-refractivity contribution < 1.29 is 0 Å². The second-order valence-electron chi connectivity index (χ2n) is 8.11. The van der Waals surface area contributed by atoms with Crippen LogP contribution in [0.4, 0.5) is 0 Å². The molecule has 2 aliphatic rings. The normalized spacial score (nSPS) is 32.3. The fourth-order valence-corrected chi connectivity index (χ4v) is 3.73. The van der Waals surface area contributed by atoms with Crippen LogP contribution in [-0.2, 0) is 5.54 Å². The molecule has 0 spiro atoms. The molecule has 2 heteroatoms. The van der Waals surface area contributed by atoms with Crippen LogP contribution in [0.5, 0.6) is 0 Å². The zero-order valence-corrected chi connectivity index (χ0v) is 14.0. The molecule has 116 valence electrons. The molecule has 1 N–H and O–H groups in total. The van der Waals surface area contributed by atoms with E-state index in [1.54, 1.807) is 0 Å². The van der Waals surface area contributed by atoms with Gasteiger partial charge in [0.1, 0.15) is 0 Å². The first kappa shape index (κ1) is 15.1. The van der Waals surface area contributed by atoms with Crippen molar-refractivity contribution in [2.24, 2.45) is 11.3 Å². The lowest BCUT2D eigenvalue weighted by Gasteiger charge is -2.49. The predicted octanol–water partition coefficient (Wildman–Crippen LogP) is 3.63. The van der Waals surface area contributed by atoms with Gasteiger partial charge in [-0.05, 0) is 36.7 Å². The van der Waals surface area contributed by atoms with Crippen LogP contribution in [-0.4, -0.2) is 30.6 Å². The molecule has 1 aliphatic carbocycles. The predicted molar refractivity (Wildman–Crippen MR) is 89.3 cm³/mol. The van der Waals surface area contributed by atoms with Crippen LogP contribution in [0.25, 0.3) is 0 Å². The standard InChI is InChI=1S/C19H30N2/c1-15(2)17-12-20-19(4,16-8-6-5-7-9-16)14-21(17)13-18(3)10-11-18/h5-9,15,17,20H,10-14H2,1-4H3. The average molecular weight is 286 g/mol. The van der Waals surface area contributed by atoms with Gasteiger partial charge in [-0.3, -0.25) is 4.90 Å². The van der Waals surface area contributed by atoms with E-state index < -0.39 is 0 Å². The Morgan fingerprint density at radius 2 is 1.86 bits per heavy atom. The third kappa shape index (κ3) is 3.17. The molecule has 2 nitrogen and oxygen atoms in total. The molecule has 1 aromatic carbocycles. The number of hydrogen-bond acceptors (Lipinski definition) is 2. The monoisotopic (exact) mass is 286 g/mol. The highest BCUT2D eigenvalue weighted by Gasteiger charge is 2.44. The third-order valence-corrected chi connectivity index (χ3v) is 5.56. The second-order valence-corrected chi connectivity index (χ2v) is 8.11. The van der Waals surface area contributed by atoms with Crippen LogP contribution in [0.2, 0.25) is 0 Å². The van der Waals surface area contributed by atoms with Crippen LogP contribution in [0.3, 0.4) is 0 Å². The summed E-state index contributed by atoms with van der Waals surface area (Å²) in [5.74, 6) is 0.708. The van der Waals surface area contributed by atoms with Gasteiger partial charge in [0.05, 0.1) is 5.54 Å². The fourth-order valence-electron chi connectivity index (χ4n) is 3.73. The van der Waals surface area contributed by atoms with E-state index in [2.05, 4.69) is 68.2 Å². The molecule has 1 aliphatic heterocycles. The minimum absolute atomic E-state index is 0.0813. The summed E-state index contributed by atoms with van der Waals surface area (Å²) in [4.78, 5) is 2.77. The van der Waals surface area contributed by atoms with Gasteiger partial charge in [-0.2, -0.15) is 0 Å². The Hall–Kier alpha value is -0.860. The van der Waals surface area contributed by atoms with Gasteiger partial charge in [-0.1, -0.05) is 51.1 Å². The molecule has 0 radical (unpaired) electrons. The first-order chi connectivity index (χ1) is 9.92. The van der Waals surface area contributed by atoms with Gasteiger partial charge in [0.2, 0.25) is 0 Å². The molecule has 2 atom stereocenters. The number of piperazine rings is 1. The maximum absolute atomic E-state index is 3.84. The van der Waals surface area contributed by atoms with Crippen molar-refractivity contribution in [1.82, 2.24) is 10.2 Å². The van der Waals surface area contributed by atoms with E-state index in [9.17, 15) is 0 Å². The minimum Gasteiger partial charge on any atom is -0.305 e. The smallest absolute Gasteiger partial charge is 0.0535 e. The zero-order valence-electron chi connectivity index (χ0n) is 14.0. The quantitative estimate of drug-likeness (QED) is 0.909. The number of nitrogens with one attached hydrogen (secondary N) is 1. The van der Waals surface area contributed by atoms with E-state index in [1.165, 1.54) is 24.9 Å². The summed E-state index contributed by atoms with van der Waals surface area (Å²) in [6.07, 6.45) is 2.81. The lowest BCUT2D eigenvalue weighted by atomic mass is 9.85. The lowest BCUT2D eigenvalue weighted by molar-refractivity contribution is 0.0459. The van der Waals surface area contributed by atoms with Crippen LogP contribution in [0.1, 0.15) is 46.1 Å². The van der Waals surface area contributed by atoms with Crippen LogP contribution < -0.4 is 5.32 Å². The van der Waals surface area contributed by atoms with E-state index in [0.717, 1.165) is 13.1 Å². The van der Waals surface area contributed by atoms with Crippen molar-refractivity contribution in [1.29, 1.82) is 0 Å². The Morgan fingerprint density at radius 3 is 2.43 bits per heavy atom. The van der Waals surface area contributed by atoms with Crippen molar-refractivity contribution in [3.05, 3.63) is 35.9 Å². The van der Waals surface area contributed by atoms with Gasteiger partial charge in [0, 0.05) is 25.7 Å². The largest absolute Gasteiger partial charge is 0.305 e. The average Bonchev–Trinajstić information content (AvgIpc) is 3.17. The summed E-state index contributed by atoms with van der Waals surface area (Å²) >= 11 is 0. The van der Waals surface area contributed by atoms with Crippen LogP contribution in [0.15, 0.2) is 30.3 Å². The first-order valence-electron chi connectivity index (χ1n) is 8.47. The second kappa shape index (κ2) is 5.40. The summed E-state index contributed by atoms with van der Waals surface area (Å²) < 4.78 is 0. The van der Waals surface area contributed by atoms with Gasteiger partial charge >= 0.3 is 0 Å². The molecule has 1 heterocycles. The molecule has 1 saturated carbocycles. The van der Waals surface area contributed by atoms with Crippen LogP contribution >= 0.6 is 0 Å².